The minimum Gasteiger partial charge on any atom is -0.369 e. The fourth-order valence-electron chi connectivity index (χ4n) is 1.80. The van der Waals surface area contributed by atoms with Gasteiger partial charge in [0, 0.05) is 23.0 Å². The second-order valence-corrected chi connectivity index (χ2v) is 4.21. The molecule has 0 aliphatic rings. The lowest BCUT2D eigenvalue weighted by Gasteiger charge is -2.02. The average molecular weight is 242 g/mol. The summed E-state index contributed by atoms with van der Waals surface area (Å²) in [5.74, 6) is -0.567. The molecule has 0 aliphatic heterocycles. The molecule has 0 fully saturated rings. The zero-order valence-corrected chi connectivity index (χ0v) is 10.1. The van der Waals surface area contributed by atoms with Gasteiger partial charge in [-0.25, -0.2) is 0 Å². The third-order valence-corrected chi connectivity index (χ3v) is 2.74. The van der Waals surface area contributed by atoms with Crippen molar-refractivity contribution in [2.75, 3.05) is 0 Å². The Bertz CT molecular complexity index is 582. The van der Waals surface area contributed by atoms with Gasteiger partial charge in [-0.15, -0.1) is 0 Å². The summed E-state index contributed by atoms with van der Waals surface area (Å²) in [6.45, 7) is 1.96. The molecule has 4 nitrogen and oxygen atoms in total. The van der Waals surface area contributed by atoms with Gasteiger partial charge in [0.15, 0.2) is 5.78 Å². The van der Waals surface area contributed by atoms with Crippen molar-refractivity contribution in [1.82, 2.24) is 4.98 Å². The van der Waals surface area contributed by atoms with Crippen LogP contribution in [-0.4, -0.2) is 16.7 Å². The van der Waals surface area contributed by atoms with Gasteiger partial charge in [-0.05, 0) is 13.0 Å². The number of hydrogen-bond acceptors (Lipinski definition) is 2. The molecule has 0 saturated heterocycles. The Kier molecular flexibility index (Phi) is 3.28. The summed E-state index contributed by atoms with van der Waals surface area (Å²) in [6.07, 6.45) is 1.68. The molecule has 92 valence electrons. The number of primary amides is 1. The van der Waals surface area contributed by atoms with E-state index >= 15 is 0 Å². The zero-order chi connectivity index (χ0) is 13.1. The Hall–Kier alpha value is -2.36. The molecule has 4 heteroatoms. The lowest BCUT2D eigenvalue weighted by Crippen LogP contribution is -2.16. The van der Waals surface area contributed by atoms with Gasteiger partial charge in [-0.3, -0.25) is 9.59 Å². The Balaban J connectivity index is 2.31. The Morgan fingerprint density at radius 1 is 1.17 bits per heavy atom. The van der Waals surface area contributed by atoms with E-state index in [-0.39, 0.29) is 12.2 Å². The number of benzene rings is 1. The van der Waals surface area contributed by atoms with Gasteiger partial charge in [-0.1, -0.05) is 29.8 Å². The normalized spacial score (nSPS) is 10.3. The maximum atomic E-state index is 12.2. The number of ketones is 1. The number of nitrogens with one attached hydrogen (secondary N) is 1. The third-order valence-electron chi connectivity index (χ3n) is 2.74. The van der Waals surface area contributed by atoms with Crippen LogP contribution in [0.25, 0.3) is 0 Å². The van der Waals surface area contributed by atoms with Crippen molar-refractivity contribution in [3.8, 4) is 0 Å². The number of H-pyrrole nitrogens is 1. The summed E-state index contributed by atoms with van der Waals surface area (Å²) in [7, 11) is 0. The van der Waals surface area contributed by atoms with Crippen molar-refractivity contribution in [3.05, 3.63) is 58.9 Å². The van der Waals surface area contributed by atoms with E-state index in [1.54, 1.807) is 24.4 Å². The highest BCUT2D eigenvalue weighted by atomic mass is 16.1. The topological polar surface area (TPSA) is 75.9 Å². The monoisotopic (exact) mass is 242 g/mol. The molecule has 3 N–H and O–H groups in total. The zero-order valence-electron chi connectivity index (χ0n) is 10.1. The predicted octanol–water partition coefficient (Wildman–Crippen LogP) is 1.58. The second-order valence-electron chi connectivity index (χ2n) is 4.21. The van der Waals surface area contributed by atoms with E-state index in [0.717, 1.165) is 5.56 Å². The van der Waals surface area contributed by atoms with Crippen LogP contribution < -0.4 is 5.73 Å². The van der Waals surface area contributed by atoms with Crippen LogP contribution in [0.4, 0.5) is 0 Å². The number of aryl methyl sites for hydroxylation is 1. The highest BCUT2D eigenvalue weighted by molar-refractivity contribution is 6.10. The van der Waals surface area contributed by atoms with E-state index in [2.05, 4.69) is 4.98 Å². The number of rotatable bonds is 4. The van der Waals surface area contributed by atoms with E-state index in [0.29, 0.717) is 16.8 Å². The first kappa shape index (κ1) is 12.1. The van der Waals surface area contributed by atoms with Crippen LogP contribution in [0.1, 0.15) is 27.2 Å². The number of carbonyl (C=O) groups excluding carboxylic acids is 2. The highest BCUT2D eigenvalue weighted by Gasteiger charge is 2.15. The molecular weight excluding hydrogens is 228 g/mol. The van der Waals surface area contributed by atoms with Crippen molar-refractivity contribution in [2.24, 2.45) is 5.73 Å². The predicted molar refractivity (Wildman–Crippen MR) is 68.3 cm³/mol. The van der Waals surface area contributed by atoms with Crippen LogP contribution in [0, 0.1) is 6.92 Å². The molecule has 0 atom stereocenters. The van der Waals surface area contributed by atoms with Gasteiger partial charge in [0.25, 0.3) is 0 Å². The molecule has 0 bridgehead atoms. The quantitative estimate of drug-likeness (QED) is 0.799. The first-order chi connectivity index (χ1) is 8.58. The van der Waals surface area contributed by atoms with Crippen molar-refractivity contribution >= 4 is 11.7 Å². The molecular formula is C14H14N2O2. The third kappa shape index (κ3) is 2.48. The first-order valence-electron chi connectivity index (χ1n) is 5.64. The van der Waals surface area contributed by atoms with Gasteiger partial charge >= 0.3 is 0 Å². The van der Waals surface area contributed by atoms with Crippen molar-refractivity contribution in [1.29, 1.82) is 0 Å². The molecule has 2 rings (SSSR count). The molecule has 2 aromatic rings. The minimum absolute atomic E-state index is 0.0416. The molecule has 18 heavy (non-hydrogen) atoms. The van der Waals surface area contributed by atoms with Crippen molar-refractivity contribution < 1.29 is 9.59 Å². The number of hydrogen-bond donors (Lipinski definition) is 2. The summed E-state index contributed by atoms with van der Waals surface area (Å²) in [4.78, 5) is 26.0. The van der Waals surface area contributed by atoms with Gasteiger partial charge in [0.2, 0.25) is 5.91 Å². The van der Waals surface area contributed by atoms with Crippen LogP contribution >= 0.6 is 0 Å². The Morgan fingerprint density at radius 2 is 1.83 bits per heavy atom. The molecule has 0 unspecified atom stereocenters. The molecule has 1 amide bonds. The number of nitrogens with two attached hydrogens (primary N) is 1. The molecule has 1 heterocycles. The number of aromatic nitrogens is 1. The first-order valence-corrected chi connectivity index (χ1v) is 5.64. The maximum Gasteiger partial charge on any atom is 0.223 e. The number of amides is 1. The number of carbonyl (C=O) groups is 2. The SMILES string of the molecule is Cc1ccc(C(=O)c2cc[nH]c2CC(N)=O)cc1. The molecule has 0 saturated carbocycles. The molecule has 0 spiro atoms. The highest BCUT2D eigenvalue weighted by Crippen LogP contribution is 2.14. The smallest absolute Gasteiger partial charge is 0.223 e. The lowest BCUT2D eigenvalue weighted by molar-refractivity contribution is -0.117. The van der Waals surface area contributed by atoms with E-state index in [4.69, 9.17) is 5.73 Å². The summed E-state index contributed by atoms with van der Waals surface area (Å²) < 4.78 is 0. The second kappa shape index (κ2) is 4.87. The van der Waals surface area contributed by atoms with Crippen LogP contribution in [0.3, 0.4) is 0 Å². The average Bonchev–Trinajstić information content (AvgIpc) is 2.76. The largest absolute Gasteiger partial charge is 0.369 e. The molecule has 1 aromatic carbocycles. The van der Waals surface area contributed by atoms with Crippen molar-refractivity contribution in [3.63, 3.8) is 0 Å². The summed E-state index contributed by atoms with van der Waals surface area (Å²) in [5.41, 5.74) is 7.90. The van der Waals surface area contributed by atoms with Gasteiger partial charge in [0.05, 0.1) is 6.42 Å². The van der Waals surface area contributed by atoms with E-state index in [1.807, 2.05) is 19.1 Å². The van der Waals surface area contributed by atoms with E-state index in [9.17, 15) is 9.59 Å². The summed E-state index contributed by atoms with van der Waals surface area (Å²) in [6, 6.07) is 8.99. The standard InChI is InChI=1S/C14H14N2O2/c1-9-2-4-10(5-3-9)14(18)11-6-7-16-12(11)8-13(15)17/h2-7,16H,8H2,1H3,(H2,15,17). The van der Waals surface area contributed by atoms with Crippen LogP contribution in [0.2, 0.25) is 0 Å². The lowest BCUT2D eigenvalue weighted by atomic mass is 10.0. The van der Waals surface area contributed by atoms with Gasteiger partial charge < -0.3 is 10.7 Å². The van der Waals surface area contributed by atoms with Crippen molar-refractivity contribution in [2.45, 2.75) is 13.3 Å². The summed E-state index contributed by atoms with van der Waals surface area (Å²) >= 11 is 0. The minimum atomic E-state index is -0.463. The van der Waals surface area contributed by atoms with E-state index in [1.165, 1.54) is 0 Å². The van der Waals surface area contributed by atoms with Crippen LogP contribution in [0.15, 0.2) is 36.5 Å². The van der Waals surface area contributed by atoms with E-state index < -0.39 is 5.91 Å². The van der Waals surface area contributed by atoms with Crippen LogP contribution in [0.5, 0.6) is 0 Å². The molecule has 0 radical (unpaired) electrons. The molecule has 1 aromatic heterocycles. The van der Waals surface area contributed by atoms with Gasteiger partial charge in [-0.2, -0.15) is 0 Å². The Labute approximate surface area is 105 Å². The molecule has 0 aliphatic carbocycles. The fraction of sp³-hybridized carbons (Fsp3) is 0.143. The Morgan fingerprint density at radius 3 is 2.44 bits per heavy atom. The maximum absolute atomic E-state index is 12.2. The van der Waals surface area contributed by atoms with Crippen LogP contribution in [-0.2, 0) is 11.2 Å². The fourth-order valence-corrected chi connectivity index (χ4v) is 1.80. The summed E-state index contributed by atoms with van der Waals surface area (Å²) in [5, 5.41) is 0. The number of aromatic amines is 1. The van der Waals surface area contributed by atoms with Gasteiger partial charge in [0.1, 0.15) is 0 Å².